The Balaban J connectivity index is 1.06. The first-order valence-electron chi connectivity index (χ1n) is 19.8. The molecule has 0 atom stereocenters. The van der Waals surface area contributed by atoms with E-state index in [0.717, 1.165) is 90.8 Å². The van der Waals surface area contributed by atoms with Gasteiger partial charge in [0.2, 0.25) is 0 Å². The zero-order chi connectivity index (χ0) is 39.0. The lowest BCUT2D eigenvalue weighted by molar-refractivity contribution is 0.647. The summed E-state index contributed by atoms with van der Waals surface area (Å²) in [5.74, 6) is 1.27. The van der Waals surface area contributed by atoms with Crippen molar-refractivity contribution < 1.29 is 0 Å². The molecule has 6 heteroatoms. The van der Waals surface area contributed by atoms with Crippen LogP contribution in [0.15, 0.2) is 188 Å². The van der Waals surface area contributed by atoms with Crippen molar-refractivity contribution in [1.29, 1.82) is 0 Å². The van der Waals surface area contributed by atoms with Gasteiger partial charge in [0.25, 0.3) is 0 Å². The van der Waals surface area contributed by atoms with Gasteiger partial charge in [-0.05, 0) is 48.2 Å². The molecule has 0 aliphatic carbocycles. The summed E-state index contributed by atoms with van der Waals surface area (Å²) in [6.07, 6.45) is 5.19. The normalized spacial score (nSPS) is 11.5. The zero-order valence-corrected chi connectivity index (χ0v) is 32.4. The van der Waals surface area contributed by atoms with E-state index in [1.165, 1.54) is 5.56 Å². The molecule has 58 heavy (non-hydrogen) atoms. The standard InChI is InChI=1S/C52H40N6/c1-35(2)33-36-19-21-43(22-20-36)52-53-44(37-23-27-41(28-24-37)50-48(39-13-5-3-6-14-39)55-46-17-9-11-31-57(46)50)34-45(54-52)38-25-29-42(30-26-38)51-49(40-15-7-4-8-16-40)56-47-18-10-12-32-58(47)51/h3-32,34-35H,33H2,1-2H3. The molecule has 0 unspecified atom stereocenters. The quantitative estimate of drug-likeness (QED) is 0.147. The minimum atomic E-state index is 0.580. The van der Waals surface area contributed by atoms with Crippen molar-refractivity contribution in [2.24, 2.45) is 5.92 Å². The van der Waals surface area contributed by atoms with E-state index in [1.807, 2.05) is 36.4 Å². The smallest absolute Gasteiger partial charge is 0.160 e. The second kappa shape index (κ2) is 14.9. The lowest BCUT2D eigenvalue weighted by Gasteiger charge is -2.12. The first kappa shape index (κ1) is 35.0. The second-order valence-corrected chi connectivity index (χ2v) is 15.1. The summed E-state index contributed by atoms with van der Waals surface area (Å²) in [5.41, 5.74) is 16.2. The monoisotopic (exact) mass is 748 g/mol. The Morgan fingerprint density at radius 2 is 0.810 bits per heavy atom. The Hall–Kier alpha value is -7.44. The summed E-state index contributed by atoms with van der Waals surface area (Å²) in [6.45, 7) is 4.50. The summed E-state index contributed by atoms with van der Waals surface area (Å²) in [5, 5.41) is 0. The predicted molar refractivity (Wildman–Crippen MR) is 236 cm³/mol. The highest BCUT2D eigenvalue weighted by Gasteiger charge is 2.19. The molecule has 0 saturated heterocycles. The average molecular weight is 749 g/mol. The fourth-order valence-corrected chi connectivity index (χ4v) is 7.87. The van der Waals surface area contributed by atoms with Gasteiger partial charge >= 0.3 is 0 Å². The number of imidazole rings is 2. The van der Waals surface area contributed by atoms with Crippen LogP contribution in [-0.2, 0) is 6.42 Å². The molecule has 0 radical (unpaired) electrons. The molecule has 0 amide bonds. The third-order valence-corrected chi connectivity index (χ3v) is 10.6. The Labute approximate surface area is 337 Å². The summed E-state index contributed by atoms with van der Waals surface area (Å²) in [6, 6.07) is 61.2. The Kier molecular flexibility index (Phi) is 8.99. The number of fused-ring (bicyclic) bond motifs is 2. The molecule has 0 N–H and O–H groups in total. The second-order valence-electron chi connectivity index (χ2n) is 15.1. The van der Waals surface area contributed by atoms with Gasteiger partial charge in [-0.1, -0.05) is 159 Å². The maximum absolute atomic E-state index is 5.19. The van der Waals surface area contributed by atoms with Crippen molar-refractivity contribution >= 4 is 11.3 Å². The molecular formula is C52H40N6. The lowest BCUT2D eigenvalue weighted by Crippen LogP contribution is -1.97. The number of benzene rings is 5. The van der Waals surface area contributed by atoms with E-state index in [1.54, 1.807) is 0 Å². The topological polar surface area (TPSA) is 60.4 Å². The fourth-order valence-electron chi connectivity index (χ4n) is 7.87. The molecule has 0 saturated carbocycles. The molecular weight excluding hydrogens is 709 g/mol. The lowest BCUT2D eigenvalue weighted by atomic mass is 10.00. The van der Waals surface area contributed by atoms with Crippen LogP contribution in [0, 0.1) is 5.92 Å². The summed E-state index contributed by atoms with van der Waals surface area (Å²) in [4.78, 5) is 20.5. The van der Waals surface area contributed by atoms with Crippen LogP contribution in [0.3, 0.4) is 0 Å². The van der Waals surface area contributed by atoms with E-state index >= 15 is 0 Å². The Morgan fingerprint density at radius 3 is 1.26 bits per heavy atom. The molecule has 5 aromatic heterocycles. The number of hydrogen-bond acceptors (Lipinski definition) is 4. The predicted octanol–water partition coefficient (Wildman–Crippen LogP) is 12.6. The van der Waals surface area contributed by atoms with Crippen molar-refractivity contribution in [3.05, 3.63) is 194 Å². The van der Waals surface area contributed by atoms with Gasteiger partial charge in [-0.15, -0.1) is 0 Å². The maximum atomic E-state index is 5.19. The molecule has 0 spiro atoms. The number of nitrogens with zero attached hydrogens (tertiary/aromatic N) is 6. The van der Waals surface area contributed by atoms with E-state index in [-0.39, 0.29) is 0 Å². The minimum absolute atomic E-state index is 0.580. The molecule has 0 aliphatic rings. The van der Waals surface area contributed by atoms with Crippen molar-refractivity contribution in [2.75, 3.05) is 0 Å². The number of hydrogen-bond donors (Lipinski definition) is 0. The van der Waals surface area contributed by atoms with Crippen molar-refractivity contribution in [3.63, 3.8) is 0 Å². The zero-order valence-electron chi connectivity index (χ0n) is 32.4. The van der Waals surface area contributed by atoms with E-state index in [4.69, 9.17) is 19.9 Å². The highest BCUT2D eigenvalue weighted by molar-refractivity contribution is 5.85. The van der Waals surface area contributed by atoms with Crippen LogP contribution in [-0.4, -0.2) is 28.7 Å². The van der Waals surface area contributed by atoms with Gasteiger partial charge in [0.1, 0.15) is 11.3 Å². The van der Waals surface area contributed by atoms with Gasteiger partial charge in [0.05, 0.1) is 34.2 Å². The summed E-state index contributed by atoms with van der Waals surface area (Å²) in [7, 11) is 0. The van der Waals surface area contributed by atoms with Crippen LogP contribution in [0.5, 0.6) is 0 Å². The van der Waals surface area contributed by atoms with Gasteiger partial charge in [-0.2, -0.15) is 0 Å². The summed E-state index contributed by atoms with van der Waals surface area (Å²) < 4.78 is 4.33. The van der Waals surface area contributed by atoms with Crippen LogP contribution in [0.1, 0.15) is 19.4 Å². The first-order chi connectivity index (χ1) is 28.6. The van der Waals surface area contributed by atoms with Gasteiger partial charge in [0, 0.05) is 51.3 Å². The Morgan fingerprint density at radius 1 is 0.397 bits per heavy atom. The molecule has 10 aromatic rings. The molecule has 5 heterocycles. The minimum Gasteiger partial charge on any atom is -0.299 e. The molecule has 0 aliphatic heterocycles. The van der Waals surface area contributed by atoms with Gasteiger partial charge < -0.3 is 0 Å². The van der Waals surface area contributed by atoms with E-state index in [9.17, 15) is 0 Å². The van der Waals surface area contributed by atoms with E-state index < -0.39 is 0 Å². The van der Waals surface area contributed by atoms with E-state index in [2.05, 4.69) is 175 Å². The molecule has 10 rings (SSSR count). The number of rotatable bonds is 9. The molecule has 278 valence electrons. The van der Waals surface area contributed by atoms with Crippen molar-refractivity contribution in [1.82, 2.24) is 28.7 Å². The number of pyridine rings is 2. The third kappa shape index (κ3) is 6.65. The SMILES string of the molecule is CC(C)Cc1ccc(-c2nc(-c3ccc(-c4c(-c5ccccc5)nc5ccccn45)cc3)cc(-c3ccc(-c4c(-c5ccccc5)nc5ccccn45)cc3)n2)cc1. The van der Waals surface area contributed by atoms with Crippen LogP contribution >= 0.6 is 0 Å². The Bertz CT molecular complexity index is 2840. The first-order valence-corrected chi connectivity index (χ1v) is 19.8. The van der Waals surface area contributed by atoms with Crippen LogP contribution in [0.2, 0.25) is 0 Å². The van der Waals surface area contributed by atoms with E-state index in [0.29, 0.717) is 11.7 Å². The van der Waals surface area contributed by atoms with Gasteiger partial charge in [-0.25, -0.2) is 19.9 Å². The van der Waals surface area contributed by atoms with Crippen LogP contribution in [0.25, 0.3) is 90.2 Å². The largest absolute Gasteiger partial charge is 0.299 e. The molecule has 0 fully saturated rings. The maximum Gasteiger partial charge on any atom is 0.160 e. The van der Waals surface area contributed by atoms with Gasteiger partial charge in [0.15, 0.2) is 5.82 Å². The average Bonchev–Trinajstić information content (AvgIpc) is 3.87. The highest BCUT2D eigenvalue weighted by atomic mass is 15.0. The molecule has 0 bridgehead atoms. The van der Waals surface area contributed by atoms with Crippen molar-refractivity contribution in [3.8, 4) is 78.9 Å². The fraction of sp³-hybridized carbons (Fsp3) is 0.0769. The molecule has 6 nitrogen and oxygen atoms in total. The van der Waals surface area contributed by atoms with Crippen LogP contribution in [0.4, 0.5) is 0 Å². The number of aromatic nitrogens is 6. The summed E-state index contributed by atoms with van der Waals surface area (Å²) >= 11 is 0. The third-order valence-electron chi connectivity index (χ3n) is 10.6. The molecule has 5 aromatic carbocycles. The van der Waals surface area contributed by atoms with Crippen molar-refractivity contribution in [2.45, 2.75) is 20.3 Å². The van der Waals surface area contributed by atoms with Crippen LogP contribution < -0.4 is 0 Å². The van der Waals surface area contributed by atoms with Gasteiger partial charge in [-0.3, -0.25) is 8.80 Å². The highest BCUT2D eigenvalue weighted by Crippen LogP contribution is 2.37.